The molecule has 0 fully saturated rings. The van der Waals surface area contributed by atoms with Crippen LogP contribution in [0.4, 0.5) is 0 Å². The third-order valence-corrected chi connectivity index (χ3v) is 2.03. The molecule has 90 valence electrons. The van der Waals surface area contributed by atoms with Crippen LogP contribution < -0.4 is 10.6 Å². The van der Waals surface area contributed by atoms with Gasteiger partial charge in [-0.15, -0.1) is 0 Å². The van der Waals surface area contributed by atoms with Crippen LogP contribution in [0.1, 0.15) is 19.8 Å². The quantitative estimate of drug-likeness (QED) is 0.456. The lowest BCUT2D eigenvalue weighted by Gasteiger charge is -2.13. The summed E-state index contributed by atoms with van der Waals surface area (Å²) in [4.78, 5) is 11.4. The third-order valence-electron chi connectivity index (χ3n) is 2.03. The number of ether oxygens (including phenoxy) is 1. The summed E-state index contributed by atoms with van der Waals surface area (Å²) in [7, 11) is 1.60. The van der Waals surface area contributed by atoms with Crippen molar-refractivity contribution in [2.24, 2.45) is 0 Å². The van der Waals surface area contributed by atoms with Gasteiger partial charge in [-0.3, -0.25) is 4.79 Å². The summed E-state index contributed by atoms with van der Waals surface area (Å²) in [5.74, 6) is -0.0175. The van der Waals surface area contributed by atoms with Crippen molar-refractivity contribution in [3.8, 4) is 0 Å². The zero-order valence-corrected chi connectivity index (χ0v) is 9.58. The SMILES string of the molecule is COCCNC(=O)C(C)NCCCCO. The van der Waals surface area contributed by atoms with Gasteiger partial charge in [-0.2, -0.15) is 0 Å². The van der Waals surface area contributed by atoms with E-state index in [1.807, 2.05) is 6.92 Å². The highest BCUT2D eigenvalue weighted by Crippen LogP contribution is 1.87. The molecular weight excluding hydrogens is 196 g/mol. The van der Waals surface area contributed by atoms with Crippen molar-refractivity contribution in [3.05, 3.63) is 0 Å². The number of nitrogens with one attached hydrogen (secondary N) is 2. The molecule has 0 aromatic heterocycles. The van der Waals surface area contributed by atoms with Gasteiger partial charge < -0.3 is 20.5 Å². The highest BCUT2D eigenvalue weighted by Gasteiger charge is 2.10. The Balaban J connectivity index is 3.42. The molecule has 0 saturated heterocycles. The van der Waals surface area contributed by atoms with Crippen LogP contribution in [0.3, 0.4) is 0 Å². The van der Waals surface area contributed by atoms with Crippen molar-refractivity contribution >= 4 is 5.91 Å². The lowest BCUT2D eigenvalue weighted by atomic mass is 10.2. The predicted octanol–water partition coefficient (Wildman–Crippen LogP) is -0.500. The molecule has 1 atom stereocenters. The van der Waals surface area contributed by atoms with Crippen molar-refractivity contribution in [1.29, 1.82) is 0 Å². The van der Waals surface area contributed by atoms with Gasteiger partial charge in [-0.25, -0.2) is 0 Å². The molecule has 3 N–H and O–H groups in total. The zero-order chi connectivity index (χ0) is 11.5. The lowest BCUT2D eigenvalue weighted by Crippen LogP contribution is -2.43. The van der Waals surface area contributed by atoms with Gasteiger partial charge >= 0.3 is 0 Å². The second kappa shape index (κ2) is 9.89. The van der Waals surface area contributed by atoms with Crippen molar-refractivity contribution < 1.29 is 14.6 Å². The minimum atomic E-state index is -0.194. The molecule has 0 aromatic rings. The van der Waals surface area contributed by atoms with Crippen LogP contribution in [0.25, 0.3) is 0 Å². The number of rotatable bonds is 9. The number of hydrogen-bond donors (Lipinski definition) is 3. The fourth-order valence-corrected chi connectivity index (χ4v) is 1.08. The standard InChI is InChI=1S/C10H22N2O3/c1-9(11-5-3-4-7-13)10(14)12-6-8-15-2/h9,11,13H,3-8H2,1-2H3,(H,12,14). The molecule has 0 aliphatic rings. The first kappa shape index (κ1) is 14.3. The molecule has 0 rings (SSSR count). The Bertz CT molecular complexity index is 165. The van der Waals surface area contributed by atoms with Crippen LogP contribution in [0.2, 0.25) is 0 Å². The Labute approximate surface area is 91.2 Å². The Morgan fingerprint density at radius 1 is 1.40 bits per heavy atom. The van der Waals surface area contributed by atoms with E-state index in [-0.39, 0.29) is 18.6 Å². The maximum atomic E-state index is 11.4. The van der Waals surface area contributed by atoms with Crippen LogP contribution in [0, 0.1) is 0 Å². The molecule has 1 unspecified atom stereocenters. The monoisotopic (exact) mass is 218 g/mol. The summed E-state index contributed by atoms with van der Waals surface area (Å²) < 4.78 is 4.82. The van der Waals surface area contributed by atoms with E-state index in [9.17, 15) is 4.79 Å². The molecule has 0 heterocycles. The van der Waals surface area contributed by atoms with E-state index in [0.717, 1.165) is 19.4 Å². The molecule has 0 radical (unpaired) electrons. The zero-order valence-electron chi connectivity index (χ0n) is 9.58. The van der Waals surface area contributed by atoms with Crippen molar-refractivity contribution in [2.75, 3.05) is 33.4 Å². The second-order valence-electron chi connectivity index (χ2n) is 3.39. The molecular formula is C10H22N2O3. The number of aliphatic hydroxyl groups excluding tert-OH is 1. The molecule has 1 amide bonds. The van der Waals surface area contributed by atoms with Crippen LogP contribution >= 0.6 is 0 Å². The molecule has 0 aliphatic carbocycles. The highest BCUT2D eigenvalue weighted by molar-refractivity contribution is 5.81. The molecule has 15 heavy (non-hydrogen) atoms. The molecule has 5 nitrogen and oxygen atoms in total. The van der Waals surface area contributed by atoms with Crippen molar-refractivity contribution in [2.45, 2.75) is 25.8 Å². The van der Waals surface area contributed by atoms with Gasteiger partial charge in [0.25, 0.3) is 0 Å². The molecule has 0 aromatic carbocycles. The largest absolute Gasteiger partial charge is 0.396 e. The first-order valence-corrected chi connectivity index (χ1v) is 5.33. The average molecular weight is 218 g/mol. The molecule has 5 heteroatoms. The molecule has 0 saturated carbocycles. The van der Waals surface area contributed by atoms with Crippen LogP contribution in [0.15, 0.2) is 0 Å². The van der Waals surface area contributed by atoms with Crippen LogP contribution in [-0.4, -0.2) is 50.5 Å². The molecule has 0 aliphatic heterocycles. The van der Waals surface area contributed by atoms with Gasteiger partial charge in [-0.1, -0.05) is 0 Å². The first-order valence-electron chi connectivity index (χ1n) is 5.33. The fourth-order valence-electron chi connectivity index (χ4n) is 1.08. The normalized spacial score (nSPS) is 12.5. The maximum absolute atomic E-state index is 11.4. The van der Waals surface area contributed by atoms with Gasteiger partial charge in [-0.05, 0) is 26.3 Å². The number of amides is 1. The minimum Gasteiger partial charge on any atom is -0.396 e. The number of unbranched alkanes of at least 4 members (excludes halogenated alkanes) is 1. The van der Waals surface area contributed by atoms with E-state index < -0.39 is 0 Å². The highest BCUT2D eigenvalue weighted by atomic mass is 16.5. The topological polar surface area (TPSA) is 70.6 Å². The van der Waals surface area contributed by atoms with Gasteiger partial charge in [0.15, 0.2) is 0 Å². The fraction of sp³-hybridized carbons (Fsp3) is 0.900. The summed E-state index contributed by atoms with van der Waals surface area (Å²) in [5, 5.41) is 14.4. The van der Waals surface area contributed by atoms with Crippen LogP contribution in [-0.2, 0) is 9.53 Å². The summed E-state index contributed by atoms with van der Waals surface area (Å²) in [6.07, 6.45) is 1.65. The average Bonchev–Trinajstić information content (AvgIpc) is 2.24. The number of hydrogen-bond acceptors (Lipinski definition) is 4. The Morgan fingerprint density at radius 2 is 2.13 bits per heavy atom. The summed E-state index contributed by atoms with van der Waals surface area (Å²) >= 11 is 0. The number of methoxy groups -OCH3 is 1. The van der Waals surface area contributed by atoms with E-state index in [1.54, 1.807) is 7.11 Å². The van der Waals surface area contributed by atoms with Crippen LogP contribution in [0.5, 0.6) is 0 Å². The first-order chi connectivity index (χ1) is 7.22. The summed E-state index contributed by atoms with van der Waals surface area (Å²) in [6, 6.07) is -0.194. The Hall–Kier alpha value is -0.650. The van der Waals surface area contributed by atoms with Crippen molar-refractivity contribution in [1.82, 2.24) is 10.6 Å². The number of carbonyl (C=O) groups is 1. The van der Waals surface area contributed by atoms with Gasteiger partial charge in [0, 0.05) is 20.3 Å². The summed E-state index contributed by atoms with van der Waals surface area (Å²) in [5.41, 5.74) is 0. The second-order valence-corrected chi connectivity index (χ2v) is 3.39. The van der Waals surface area contributed by atoms with E-state index in [4.69, 9.17) is 9.84 Å². The lowest BCUT2D eigenvalue weighted by molar-refractivity contribution is -0.122. The minimum absolute atomic E-state index is 0.0175. The maximum Gasteiger partial charge on any atom is 0.236 e. The predicted molar refractivity (Wildman–Crippen MR) is 58.7 cm³/mol. The van der Waals surface area contributed by atoms with Gasteiger partial charge in [0.05, 0.1) is 12.6 Å². The van der Waals surface area contributed by atoms with E-state index in [0.29, 0.717) is 13.2 Å². The van der Waals surface area contributed by atoms with E-state index in [1.165, 1.54) is 0 Å². The molecule has 0 bridgehead atoms. The number of carbonyl (C=O) groups excluding carboxylic acids is 1. The Morgan fingerprint density at radius 3 is 2.73 bits per heavy atom. The van der Waals surface area contributed by atoms with E-state index in [2.05, 4.69) is 10.6 Å². The summed E-state index contributed by atoms with van der Waals surface area (Å²) in [6.45, 7) is 3.84. The number of aliphatic hydroxyl groups is 1. The van der Waals surface area contributed by atoms with Gasteiger partial charge in [0.2, 0.25) is 5.91 Å². The van der Waals surface area contributed by atoms with Crippen molar-refractivity contribution in [3.63, 3.8) is 0 Å². The smallest absolute Gasteiger partial charge is 0.236 e. The van der Waals surface area contributed by atoms with E-state index >= 15 is 0 Å². The third kappa shape index (κ3) is 8.35. The Kier molecular flexibility index (Phi) is 9.46. The van der Waals surface area contributed by atoms with Gasteiger partial charge in [0.1, 0.15) is 0 Å². The molecule has 0 spiro atoms.